The van der Waals surface area contributed by atoms with Crippen molar-refractivity contribution in [3.63, 3.8) is 0 Å². The molecule has 1 aromatic carbocycles. The number of amides is 1. The van der Waals surface area contributed by atoms with E-state index >= 15 is 0 Å². The Morgan fingerprint density at radius 3 is 2.14 bits per heavy atom. The molecule has 1 amide bonds. The van der Waals surface area contributed by atoms with Crippen molar-refractivity contribution in [1.82, 2.24) is 5.32 Å². The average molecular weight is 327 g/mol. The molecule has 22 heavy (non-hydrogen) atoms. The number of sulfone groups is 1. The van der Waals surface area contributed by atoms with Crippen molar-refractivity contribution in [2.24, 2.45) is 5.92 Å². The first-order valence-electron chi connectivity index (χ1n) is 7.01. The first-order valence-corrected chi connectivity index (χ1v) is 8.66. The Bertz CT molecular complexity index is 634. The Kier molecular flexibility index (Phi) is 6.11. The smallest absolute Gasteiger partial charge is 0.326 e. The van der Waals surface area contributed by atoms with Crippen molar-refractivity contribution in [3.05, 3.63) is 29.8 Å². The second-order valence-corrected chi connectivity index (χ2v) is 7.63. The van der Waals surface area contributed by atoms with E-state index in [1.807, 2.05) is 0 Å². The first kappa shape index (κ1) is 18.2. The highest BCUT2D eigenvalue weighted by atomic mass is 32.2. The van der Waals surface area contributed by atoms with Crippen molar-refractivity contribution in [2.75, 3.05) is 5.75 Å². The van der Waals surface area contributed by atoms with Gasteiger partial charge in [0.15, 0.2) is 9.84 Å². The lowest BCUT2D eigenvalue weighted by Crippen LogP contribution is -2.44. The number of aliphatic carboxylic acids is 1. The number of hydrogen-bond donors (Lipinski definition) is 2. The molecule has 0 aliphatic heterocycles. The van der Waals surface area contributed by atoms with E-state index in [1.165, 1.54) is 12.1 Å². The van der Waals surface area contributed by atoms with E-state index < -0.39 is 27.8 Å². The summed E-state index contributed by atoms with van der Waals surface area (Å²) in [7, 11) is -3.26. The summed E-state index contributed by atoms with van der Waals surface area (Å²) in [6, 6.07) is 5.10. The summed E-state index contributed by atoms with van der Waals surface area (Å²) in [5, 5.41) is 11.5. The molecule has 1 unspecified atom stereocenters. The van der Waals surface area contributed by atoms with Gasteiger partial charge in [-0.25, -0.2) is 13.2 Å². The van der Waals surface area contributed by atoms with E-state index in [-0.39, 0.29) is 23.0 Å². The van der Waals surface area contributed by atoms with Crippen molar-refractivity contribution in [1.29, 1.82) is 0 Å². The van der Waals surface area contributed by atoms with Gasteiger partial charge >= 0.3 is 5.97 Å². The van der Waals surface area contributed by atoms with E-state index in [0.29, 0.717) is 5.56 Å². The summed E-state index contributed by atoms with van der Waals surface area (Å²) in [6.45, 7) is 4.99. The van der Waals surface area contributed by atoms with Crippen LogP contribution in [0.4, 0.5) is 0 Å². The summed E-state index contributed by atoms with van der Waals surface area (Å²) in [6.07, 6.45) is 0.00293. The first-order chi connectivity index (χ1) is 10.2. The van der Waals surface area contributed by atoms with Crippen LogP contribution in [0.3, 0.4) is 0 Å². The van der Waals surface area contributed by atoms with Crippen molar-refractivity contribution >= 4 is 21.7 Å². The maximum absolute atomic E-state index is 11.9. The molecule has 0 saturated heterocycles. The molecule has 1 rings (SSSR count). The number of carbonyl (C=O) groups excluding carboxylic acids is 1. The van der Waals surface area contributed by atoms with Gasteiger partial charge in [0.05, 0.1) is 17.1 Å². The Morgan fingerprint density at radius 2 is 1.73 bits per heavy atom. The van der Waals surface area contributed by atoms with Crippen LogP contribution in [0.5, 0.6) is 0 Å². The Hall–Kier alpha value is -1.89. The van der Waals surface area contributed by atoms with Crippen LogP contribution in [0.2, 0.25) is 0 Å². The summed E-state index contributed by atoms with van der Waals surface area (Å²) in [4.78, 5) is 23.1. The summed E-state index contributed by atoms with van der Waals surface area (Å²) >= 11 is 0. The third-order valence-electron chi connectivity index (χ3n) is 3.28. The molecule has 1 atom stereocenters. The second-order valence-electron chi connectivity index (χ2n) is 5.35. The van der Waals surface area contributed by atoms with Crippen LogP contribution in [-0.2, 0) is 25.8 Å². The van der Waals surface area contributed by atoms with E-state index in [2.05, 4.69) is 5.32 Å². The van der Waals surface area contributed by atoms with Gasteiger partial charge in [-0.1, -0.05) is 32.9 Å². The van der Waals surface area contributed by atoms with Gasteiger partial charge < -0.3 is 10.4 Å². The fourth-order valence-electron chi connectivity index (χ4n) is 1.90. The molecular formula is C15H21NO5S. The van der Waals surface area contributed by atoms with Gasteiger partial charge in [0.25, 0.3) is 0 Å². The average Bonchev–Trinajstić information content (AvgIpc) is 2.44. The summed E-state index contributed by atoms with van der Waals surface area (Å²) < 4.78 is 23.4. The third-order valence-corrected chi connectivity index (χ3v) is 5.03. The summed E-state index contributed by atoms with van der Waals surface area (Å²) in [5.41, 5.74) is 0.625. The van der Waals surface area contributed by atoms with Crippen molar-refractivity contribution in [3.8, 4) is 0 Å². The lowest BCUT2D eigenvalue weighted by molar-refractivity contribution is -0.143. The van der Waals surface area contributed by atoms with Crippen molar-refractivity contribution < 1.29 is 23.1 Å². The zero-order valence-electron chi connectivity index (χ0n) is 12.9. The predicted molar refractivity (Wildman–Crippen MR) is 82.3 cm³/mol. The number of benzene rings is 1. The molecule has 122 valence electrons. The zero-order valence-corrected chi connectivity index (χ0v) is 13.7. The van der Waals surface area contributed by atoms with Crippen LogP contribution in [0, 0.1) is 5.92 Å². The molecule has 0 bridgehead atoms. The van der Waals surface area contributed by atoms with E-state index in [1.54, 1.807) is 32.9 Å². The Morgan fingerprint density at radius 1 is 1.18 bits per heavy atom. The molecular weight excluding hydrogens is 306 g/mol. The number of rotatable bonds is 7. The molecule has 0 fully saturated rings. The van der Waals surface area contributed by atoms with Gasteiger partial charge in [-0.15, -0.1) is 0 Å². The largest absolute Gasteiger partial charge is 0.480 e. The maximum atomic E-state index is 11.9. The molecule has 7 heteroatoms. The number of nitrogens with one attached hydrogen (secondary N) is 1. The minimum Gasteiger partial charge on any atom is -0.480 e. The molecule has 0 aliphatic rings. The van der Waals surface area contributed by atoms with Crippen LogP contribution < -0.4 is 5.32 Å². The van der Waals surface area contributed by atoms with Crippen LogP contribution in [0.25, 0.3) is 0 Å². The van der Waals surface area contributed by atoms with Crippen LogP contribution >= 0.6 is 0 Å². The van der Waals surface area contributed by atoms with E-state index in [0.717, 1.165) is 0 Å². The molecule has 0 heterocycles. The highest BCUT2D eigenvalue weighted by Crippen LogP contribution is 2.13. The van der Waals surface area contributed by atoms with Gasteiger partial charge in [0.2, 0.25) is 5.91 Å². The minimum atomic E-state index is -3.26. The van der Waals surface area contributed by atoms with Crippen LogP contribution in [-0.4, -0.2) is 37.2 Å². The van der Waals surface area contributed by atoms with Crippen molar-refractivity contribution in [2.45, 2.75) is 38.1 Å². The van der Waals surface area contributed by atoms with E-state index in [9.17, 15) is 18.0 Å². The molecule has 6 nitrogen and oxygen atoms in total. The highest BCUT2D eigenvalue weighted by Gasteiger charge is 2.23. The number of carbonyl (C=O) groups is 2. The monoisotopic (exact) mass is 327 g/mol. The van der Waals surface area contributed by atoms with Gasteiger partial charge in [-0.3, -0.25) is 4.79 Å². The lowest BCUT2D eigenvalue weighted by Gasteiger charge is -2.17. The standard InChI is InChI=1S/C15H21NO5S/c1-4-22(20,21)12-7-5-11(6-8-12)9-13(17)16-14(10(2)3)15(18)19/h5-8,10,14H,4,9H2,1-3H3,(H,16,17)(H,18,19). The molecule has 0 spiro atoms. The fraction of sp³-hybridized carbons (Fsp3) is 0.467. The van der Waals surface area contributed by atoms with Gasteiger partial charge in [-0.05, 0) is 23.6 Å². The quantitative estimate of drug-likeness (QED) is 0.785. The van der Waals surface area contributed by atoms with Crippen LogP contribution in [0.15, 0.2) is 29.2 Å². The second kappa shape index (κ2) is 7.40. The van der Waals surface area contributed by atoms with Gasteiger partial charge in [0.1, 0.15) is 6.04 Å². The number of carboxylic acids is 1. The Labute approximate surface area is 130 Å². The topological polar surface area (TPSA) is 101 Å². The van der Waals surface area contributed by atoms with Gasteiger partial charge in [0, 0.05) is 0 Å². The SMILES string of the molecule is CCS(=O)(=O)c1ccc(CC(=O)NC(C(=O)O)C(C)C)cc1. The molecule has 0 aromatic heterocycles. The fourth-order valence-corrected chi connectivity index (χ4v) is 2.79. The van der Waals surface area contributed by atoms with Gasteiger partial charge in [-0.2, -0.15) is 0 Å². The number of carboxylic acid groups (broad SMARTS) is 1. The maximum Gasteiger partial charge on any atom is 0.326 e. The molecule has 0 saturated carbocycles. The molecule has 2 N–H and O–H groups in total. The predicted octanol–water partition coefficient (Wildman–Crippen LogP) is 1.25. The van der Waals surface area contributed by atoms with Crippen LogP contribution in [0.1, 0.15) is 26.3 Å². The lowest BCUT2D eigenvalue weighted by atomic mass is 10.0. The molecule has 1 aromatic rings. The zero-order chi connectivity index (χ0) is 16.9. The number of hydrogen-bond acceptors (Lipinski definition) is 4. The summed E-state index contributed by atoms with van der Waals surface area (Å²) in [5.74, 6) is -1.69. The van der Waals surface area contributed by atoms with E-state index in [4.69, 9.17) is 5.11 Å². The third kappa shape index (κ3) is 4.84. The molecule has 0 radical (unpaired) electrons. The molecule has 0 aliphatic carbocycles. The normalized spacial score (nSPS) is 12.9. The minimum absolute atomic E-state index is 0.00293. The Balaban J connectivity index is 2.75. The highest BCUT2D eigenvalue weighted by molar-refractivity contribution is 7.91.